The molecule has 2 fully saturated rings. The molecule has 2 heterocycles. The Hall–Kier alpha value is -0.0400. The van der Waals surface area contributed by atoms with Crippen molar-refractivity contribution in [3.63, 3.8) is 0 Å². The molecule has 2 aliphatic rings. The van der Waals surface area contributed by atoms with Crippen molar-refractivity contribution < 1.29 is 0 Å². The zero-order valence-corrected chi connectivity index (χ0v) is 14.9. The van der Waals surface area contributed by atoms with Crippen LogP contribution in [0.3, 0.4) is 0 Å². The number of hydrogen-bond donors (Lipinski definition) is 1. The van der Waals surface area contributed by atoms with E-state index >= 15 is 0 Å². The maximum atomic E-state index is 4.42. The van der Waals surface area contributed by atoms with Crippen molar-refractivity contribution in [1.29, 1.82) is 0 Å². The Morgan fingerprint density at radius 2 is 2.05 bits per heavy atom. The lowest BCUT2D eigenvalue weighted by Crippen LogP contribution is -2.46. The monoisotopic (exact) mass is 380 g/mol. The van der Waals surface area contributed by atoms with Gasteiger partial charge in [0.1, 0.15) is 0 Å². The van der Waals surface area contributed by atoms with Gasteiger partial charge < -0.3 is 15.1 Å². The molecule has 5 heteroatoms. The minimum absolute atomic E-state index is 0. The minimum atomic E-state index is 0. The van der Waals surface area contributed by atoms with Crippen LogP contribution in [0, 0.1) is 5.41 Å². The van der Waals surface area contributed by atoms with E-state index in [2.05, 4.69) is 34.0 Å². The smallest absolute Gasteiger partial charge is 0.193 e. The number of guanidine groups is 1. The van der Waals surface area contributed by atoms with E-state index in [1.807, 2.05) is 7.05 Å². The first-order valence-corrected chi connectivity index (χ1v) is 7.35. The predicted octanol–water partition coefficient (Wildman–Crippen LogP) is 2.01. The fourth-order valence-corrected chi connectivity index (χ4v) is 2.76. The van der Waals surface area contributed by atoms with Crippen molar-refractivity contribution in [2.24, 2.45) is 10.4 Å². The third kappa shape index (κ3) is 4.48. The zero-order chi connectivity index (χ0) is 13.0. The first-order valence-electron chi connectivity index (χ1n) is 7.35. The van der Waals surface area contributed by atoms with Gasteiger partial charge in [0.2, 0.25) is 0 Å². The van der Waals surface area contributed by atoms with Gasteiger partial charge in [-0.15, -0.1) is 24.0 Å². The quantitative estimate of drug-likeness (QED) is 0.460. The van der Waals surface area contributed by atoms with Crippen LogP contribution in [0.25, 0.3) is 0 Å². The van der Waals surface area contributed by atoms with E-state index in [0.29, 0.717) is 5.41 Å². The zero-order valence-electron chi connectivity index (χ0n) is 12.6. The van der Waals surface area contributed by atoms with Crippen LogP contribution in [0.1, 0.15) is 33.1 Å². The van der Waals surface area contributed by atoms with Gasteiger partial charge in [-0.2, -0.15) is 0 Å². The van der Waals surface area contributed by atoms with Gasteiger partial charge in [0, 0.05) is 33.2 Å². The molecule has 2 aliphatic heterocycles. The van der Waals surface area contributed by atoms with Gasteiger partial charge in [-0.3, -0.25) is 4.99 Å². The Kier molecular flexibility index (Phi) is 6.86. The Labute approximate surface area is 135 Å². The minimum Gasteiger partial charge on any atom is -0.355 e. The molecule has 1 N–H and O–H groups in total. The second-order valence-electron chi connectivity index (χ2n) is 6.00. The van der Waals surface area contributed by atoms with E-state index in [4.69, 9.17) is 0 Å². The highest BCUT2D eigenvalue weighted by molar-refractivity contribution is 14.0. The number of halogens is 1. The van der Waals surface area contributed by atoms with Crippen molar-refractivity contribution in [3.05, 3.63) is 0 Å². The van der Waals surface area contributed by atoms with Gasteiger partial charge in [0.05, 0.1) is 0 Å². The lowest BCUT2D eigenvalue weighted by molar-refractivity contribution is 0.184. The molecule has 1 unspecified atom stereocenters. The summed E-state index contributed by atoms with van der Waals surface area (Å²) in [5, 5.41) is 3.51. The molecule has 112 valence electrons. The number of rotatable bonds is 4. The number of nitrogens with zero attached hydrogens (tertiary/aromatic N) is 3. The summed E-state index contributed by atoms with van der Waals surface area (Å²) in [5.41, 5.74) is 0.481. The molecule has 4 nitrogen and oxygen atoms in total. The van der Waals surface area contributed by atoms with Crippen LogP contribution in [0.15, 0.2) is 4.99 Å². The average Bonchev–Trinajstić information content (AvgIpc) is 2.71. The van der Waals surface area contributed by atoms with Gasteiger partial charge in [-0.05, 0) is 37.8 Å². The summed E-state index contributed by atoms with van der Waals surface area (Å²) in [5.74, 6) is 1.09. The van der Waals surface area contributed by atoms with Gasteiger partial charge in [0.15, 0.2) is 5.96 Å². The van der Waals surface area contributed by atoms with Crippen LogP contribution in [0.5, 0.6) is 0 Å². The molecule has 0 saturated carbocycles. The molecule has 19 heavy (non-hydrogen) atoms. The summed E-state index contributed by atoms with van der Waals surface area (Å²) in [6, 6.07) is 0. The third-order valence-corrected chi connectivity index (χ3v) is 4.58. The molecule has 1 atom stereocenters. The molecule has 0 aliphatic carbocycles. The van der Waals surface area contributed by atoms with E-state index in [-0.39, 0.29) is 24.0 Å². The van der Waals surface area contributed by atoms with Crippen LogP contribution < -0.4 is 5.32 Å². The Bertz CT molecular complexity index is 304. The van der Waals surface area contributed by atoms with Crippen LogP contribution in [0.2, 0.25) is 0 Å². The molecule has 2 rings (SSSR count). The Morgan fingerprint density at radius 3 is 2.53 bits per heavy atom. The first-order chi connectivity index (χ1) is 8.67. The second kappa shape index (κ2) is 7.67. The summed E-state index contributed by atoms with van der Waals surface area (Å²) in [7, 11) is 1.90. The molecule has 0 spiro atoms. The summed E-state index contributed by atoms with van der Waals surface area (Å²) < 4.78 is 0. The largest absolute Gasteiger partial charge is 0.355 e. The summed E-state index contributed by atoms with van der Waals surface area (Å²) in [6.07, 6.45) is 3.92. The summed E-state index contributed by atoms with van der Waals surface area (Å²) in [6.45, 7) is 11.7. The van der Waals surface area contributed by atoms with Gasteiger partial charge >= 0.3 is 0 Å². The number of hydrogen-bond acceptors (Lipinski definition) is 2. The third-order valence-electron chi connectivity index (χ3n) is 4.58. The van der Waals surface area contributed by atoms with Crippen molar-refractivity contribution in [1.82, 2.24) is 15.1 Å². The molecule has 0 aromatic carbocycles. The maximum absolute atomic E-state index is 4.42. The highest BCUT2D eigenvalue weighted by Crippen LogP contribution is 2.32. The van der Waals surface area contributed by atoms with Crippen LogP contribution >= 0.6 is 24.0 Å². The molecule has 0 aromatic heterocycles. The van der Waals surface area contributed by atoms with Crippen molar-refractivity contribution >= 4 is 29.9 Å². The Balaban J connectivity index is 0.00000180. The van der Waals surface area contributed by atoms with Crippen LogP contribution in [-0.4, -0.2) is 62.1 Å². The molecule has 0 aromatic rings. The van der Waals surface area contributed by atoms with Gasteiger partial charge in [-0.25, -0.2) is 0 Å². The summed E-state index contributed by atoms with van der Waals surface area (Å²) in [4.78, 5) is 9.33. The highest BCUT2D eigenvalue weighted by atomic mass is 127. The molecule has 0 radical (unpaired) electrons. The van der Waals surface area contributed by atoms with E-state index < -0.39 is 0 Å². The highest BCUT2D eigenvalue weighted by Gasteiger charge is 2.33. The average molecular weight is 380 g/mol. The molecular weight excluding hydrogens is 351 g/mol. The lowest BCUT2D eigenvalue weighted by atomic mass is 9.87. The number of aliphatic imine (C=N–C) groups is 1. The lowest BCUT2D eigenvalue weighted by Gasteiger charge is -2.31. The predicted molar refractivity (Wildman–Crippen MR) is 92.4 cm³/mol. The van der Waals surface area contributed by atoms with Crippen LogP contribution in [0.4, 0.5) is 0 Å². The molecule has 0 bridgehead atoms. The topological polar surface area (TPSA) is 30.9 Å². The normalized spacial score (nSPS) is 27.9. The fourth-order valence-electron chi connectivity index (χ4n) is 2.76. The Morgan fingerprint density at radius 1 is 1.32 bits per heavy atom. The van der Waals surface area contributed by atoms with E-state index in [0.717, 1.165) is 32.1 Å². The maximum Gasteiger partial charge on any atom is 0.193 e. The fraction of sp³-hybridized carbons (Fsp3) is 0.929. The van der Waals surface area contributed by atoms with E-state index in [9.17, 15) is 0 Å². The molecule has 0 amide bonds. The van der Waals surface area contributed by atoms with Crippen molar-refractivity contribution in [3.8, 4) is 0 Å². The molecule has 2 saturated heterocycles. The standard InChI is InChI=1S/C14H28N4.HI/c1-4-14(2)6-10-18(12-14)13(15-3)16-7-11-17-8-5-9-17;/h4-12H2,1-3H3,(H,15,16);1H. The SMILES string of the molecule is CCC1(C)CCN(C(=NC)NCCN2CCC2)C1.I. The second-order valence-corrected chi connectivity index (χ2v) is 6.00. The van der Waals surface area contributed by atoms with E-state index in [1.54, 1.807) is 0 Å². The van der Waals surface area contributed by atoms with Crippen LogP contribution in [-0.2, 0) is 0 Å². The van der Waals surface area contributed by atoms with Crippen molar-refractivity contribution in [2.45, 2.75) is 33.1 Å². The number of nitrogens with one attached hydrogen (secondary N) is 1. The first kappa shape index (κ1) is 17.0. The molecular formula is C14H29IN4. The van der Waals surface area contributed by atoms with Crippen molar-refractivity contribution in [2.75, 3.05) is 46.3 Å². The van der Waals surface area contributed by atoms with E-state index in [1.165, 1.54) is 32.4 Å². The van der Waals surface area contributed by atoms with Gasteiger partial charge in [0.25, 0.3) is 0 Å². The summed E-state index contributed by atoms with van der Waals surface area (Å²) >= 11 is 0. The van der Waals surface area contributed by atoms with Gasteiger partial charge in [-0.1, -0.05) is 13.8 Å². The number of likely N-dealkylation sites (tertiary alicyclic amines) is 2.